The second kappa shape index (κ2) is 10.1. The van der Waals surface area contributed by atoms with Gasteiger partial charge in [-0.05, 0) is 47.9 Å². The fourth-order valence-electron chi connectivity index (χ4n) is 3.66. The zero-order valence-corrected chi connectivity index (χ0v) is 18.5. The Labute approximate surface area is 188 Å². The van der Waals surface area contributed by atoms with Crippen LogP contribution in [0.25, 0.3) is 11.0 Å². The monoisotopic (exact) mass is 428 g/mol. The number of para-hydroxylation sites is 2. The summed E-state index contributed by atoms with van der Waals surface area (Å²) >= 11 is 0. The molecule has 0 saturated heterocycles. The molecule has 0 aliphatic rings. The predicted octanol–water partition coefficient (Wildman–Crippen LogP) is 4.61. The minimum absolute atomic E-state index is 0.108. The molecule has 6 nitrogen and oxygen atoms in total. The molecule has 0 fully saturated rings. The summed E-state index contributed by atoms with van der Waals surface area (Å²) in [6.45, 7) is 6.09. The van der Waals surface area contributed by atoms with E-state index in [1.807, 2.05) is 30.3 Å². The lowest BCUT2D eigenvalue weighted by atomic mass is 10.0. The highest BCUT2D eigenvalue weighted by Crippen LogP contribution is 2.20. The van der Waals surface area contributed by atoms with E-state index in [9.17, 15) is 4.79 Å². The number of amides is 1. The number of carbonyl (C=O) groups is 1. The maximum Gasteiger partial charge on any atom is 0.251 e. The van der Waals surface area contributed by atoms with Gasteiger partial charge < -0.3 is 14.6 Å². The molecule has 32 heavy (non-hydrogen) atoms. The molecule has 2 aromatic heterocycles. The Morgan fingerprint density at radius 2 is 1.78 bits per heavy atom. The number of fused-ring (bicyclic) bond motifs is 1. The molecule has 0 atom stereocenters. The van der Waals surface area contributed by atoms with Crippen molar-refractivity contribution in [2.24, 2.45) is 0 Å². The molecule has 4 rings (SSSR count). The lowest BCUT2D eigenvalue weighted by Crippen LogP contribution is -2.26. The van der Waals surface area contributed by atoms with E-state index in [2.05, 4.69) is 46.9 Å². The van der Waals surface area contributed by atoms with Crippen molar-refractivity contribution in [3.63, 3.8) is 0 Å². The third-order valence-electron chi connectivity index (χ3n) is 5.44. The van der Waals surface area contributed by atoms with Gasteiger partial charge >= 0.3 is 0 Å². The van der Waals surface area contributed by atoms with Gasteiger partial charge in [0.25, 0.3) is 5.91 Å². The number of nitrogens with one attached hydrogen (secondary N) is 1. The summed E-state index contributed by atoms with van der Waals surface area (Å²) in [7, 11) is 0. The Hall–Kier alpha value is -3.67. The van der Waals surface area contributed by atoms with E-state index in [1.165, 1.54) is 5.56 Å². The Kier molecular flexibility index (Phi) is 6.80. The second-order valence-corrected chi connectivity index (χ2v) is 7.98. The Bertz CT molecular complexity index is 1170. The van der Waals surface area contributed by atoms with Crippen LogP contribution in [0.15, 0.2) is 73.1 Å². The first-order valence-electron chi connectivity index (χ1n) is 11.0. The van der Waals surface area contributed by atoms with Gasteiger partial charge in [-0.1, -0.05) is 38.1 Å². The first-order chi connectivity index (χ1) is 15.6. The molecular formula is C26H28N4O2. The van der Waals surface area contributed by atoms with Crippen LogP contribution in [0, 0.1) is 0 Å². The number of benzene rings is 2. The summed E-state index contributed by atoms with van der Waals surface area (Å²) in [6, 6.07) is 19.8. The molecule has 1 amide bonds. The molecule has 2 aromatic carbocycles. The summed E-state index contributed by atoms with van der Waals surface area (Å²) in [5.41, 5.74) is 3.92. The number of imidazole rings is 1. The standard InChI is InChI=1S/C26H28N4O2/c1-19(2)20-7-9-22(10-8-20)32-18-17-30-24-6-4-3-5-23(24)29-25(30)13-16-28-26(31)21-11-14-27-15-12-21/h3-12,14-15,19H,13,16-18H2,1-2H3,(H,28,31). The molecule has 0 aliphatic carbocycles. The van der Waals surface area contributed by atoms with E-state index >= 15 is 0 Å². The number of carbonyl (C=O) groups excluding carboxylic acids is 1. The molecule has 2 heterocycles. The summed E-state index contributed by atoms with van der Waals surface area (Å²) in [4.78, 5) is 21.0. The quantitative estimate of drug-likeness (QED) is 0.423. The molecule has 0 aliphatic heterocycles. The van der Waals surface area contributed by atoms with Crippen molar-refractivity contribution in [1.82, 2.24) is 19.9 Å². The molecule has 0 saturated carbocycles. The number of hydrogen-bond acceptors (Lipinski definition) is 4. The van der Waals surface area contributed by atoms with Crippen LogP contribution in [-0.4, -0.2) is 33.6 Å². The van der Waals surface area contributed by atoms with Crippen molar-refractivity contribution in [1.29, 1.82) is 0 Å². The fraction of sp³-hybridized carbons (Fsp3) is 0.269. The van der Waals surface area contributed by atoms with Crippen LogP contribution in [0.5, 0.6) is 5.75 Å². The van der Waals surface area contributed by atoms with E-state index in [0.29, 0.717) is 37.6 Å². The van der Waals surface area contributed by atoms with E-state index < -0.39 is 0 Å². The Morgan fingerprint density at radius 1 is 1.03 bits per heavy atom. The van der Waals surface area contributed by atoms with Crippen LogP contribution in [0.2, 0.25) is 0 Å². The molecule has 0 bridgehead atoms. The van der Waals surface area contributed by atoms with Gasteiger partial charge in [0.15, 0.2) is 0 Å². The number of rotatable bonds is 9. The lowest BCUT2D eigenvalue weighted by Gasteiger charge is -2.12. The van der Waals surface area contributed by atoms with E-state index in [4.69, 9.17) is 9.72 Å². The van der Waals surface area contributed by atoms with Crippen molar-refractivity contribution >= 4 is 16.9 Å². The van der Waals surface area contributed by atoms with Gasteiger partial charge in [0.05, 0.1) is 17.6 Å². The molecule has 6 heteroatoms. The van der Waals surface area contributed by atoms with Gasteiger partial charge in [0.2, 0.25) is 0 Å². The molecule has 0 unspecified atom stereocenters. The average Bonchev–Trinajstić information content (AvgIpc) is 3.17. The SMILES string of the molecule is CC(C)c1ccc(OCCn2c(CCNC(=O)c3ccncc3)nc3ccccc32)cc1. The number of aromatic nitrogens is 3. The number of hydrogen-bond donors (Lipinski definition) is 1. The van der Waals surface area contributed by atoms with Crippen LogP contribution in [-0.2, 0) is 13.0 Å². The van der Waals surface area contributed by atoms with Crippen LogP contribution in [0.3, 0.4) is 0 Å². The summed E-state index contributed by atoms with van der Waals surface area (Å²) in [5.74, 6) is 2.19. The topological polar surface area (TPSA) is 69.0 Å². The van der Waals surface area contributed by atoms with E-state index in [-0.39, 0.29) is 5.91 Å². The Balaban J connectivity index is 1.40. The van der Waals surface area contributed by atoms with E-state index in [1.54, 1.807) is 24.5 Å². The van der Waals surface area contributed by atoms with Crippen molar-refractivity contribution in [2.75, 3.05) is 13.2 Å². The Morgan fingerprint density at radius 3 is 2.53 bits per heavy atom. The largest absolute Gasteiger partial charge is 0.492 e. The average molecular weight is 429 g/mol. The van der Waals surface area contributed by atoms with Crippen LogP contribution >= 0.6 is 0 Å². The second-order valence-electron chi connectivity index (χ2n) is 7.98. The van der Waals surface area contributed by atoms with Crippen LogP contribution < -0.4 is 10.1 Å². The highest BCUT2D eigenvalue weighted by molar-refractivity contribution is 5.93. The molecule has 0 radical (unpaired) electrons. The number of ether oxygens (including phenoxy) is 1. The lowest BCUT2D eigenvalue weighted by molar-refractivity contribution is 0.0953. The van der Waals surface area contributed by atoms with Crippen LogP contribution in [0.4, 0.5) is 0 Å². The third-order valence-corrected chi connectivity index (χ3v) is 5.44. The minimum atomic E-state index is -0.108. The fourth-order valence-corrected chi connectivity index (χ4v) is 3.66. The normalized spacial score (nSPS) is 11.1. The smallest absolute Gasteiger partial charge is 0.251 e. The van der Waals surface area contributed by atoms with Crippen LogP contribution in [0.1, 0.15) is 41.5 Å². The van der Waals surface area contributed by atoms with Gasteiger partial charge in [0.1, 0.15) is 18.2 Å². The molecule has 0 spiro atoms. The first-order valence-corrected chi connectivity index (χ1v) is 11.0. The van der Waals surface area contributed by atoms with Crippen molar-refractivity contribution < 1.29 is 9.53 Å². The molecular weight excluding hydrogens is 400 g/mol. The van der Waals surface area contributed by atoms with Gasteiger partial charge in [-0.2, -0.15) is 0 Å². The summed E-state index contributed by atoms with van der Waals surface area (Å²) < 4.78 is 8.17. The van der Waals surface area contributed by atoms with E-state index in [0.717, 1.165) is 22.6 Å². The summed E-state index contributed by atoms with van der Waals surface area (Å²) in [5, 5.41) is 2.96. The molecule has 1 N–H and O–H groups in total. The summed E-state index contributed by atoms with van der Waals surface area (Å²) in [6.07, 6.45) is 3.87. The highest BCUT2D eigenvalue weighted by atomic mass is 16.5. The molecule has 164 valence electrons. The zero-order valence-electron chi connectivity index (χ0n) is 18.5. The van der Waals surface area contributed by atoms with Crippen molar-refractivity contribution in [3.8, 4) is 5.75 Å². The van der Waals surface area contributed by atoms with Gasteiger partial charge in [-0.3, -0.25) is 9.78 Å². The number of nitrogens with zero attached hydrogens (tertiary/aromatic N) is 3. The van der Waals surface area contributed by atoms with Gasteiger partial charge in [0, 0.05) is 30.9 Å². The van der Waals surface area contributed by atoms with Gasteiger partial charge in [-0.25, -0.2) is 4.98 Å². The third kappa shape index (κ3) is 5.14. The predicted molar refractivity (Wildman–Crippen MR) is 126 cm³/mol. The van der Waals surface area contributed by atoms with Gasteiger partial charge in [-0.15, -0.1) is 0 Å². The maximum absolute atomic E-state index is 12.3. The first kappa shape index (κ1) is 21.6. The zero-order chi connectivity index (χ0) is 22.3. The van der Waals surface area contributed by atoms with Crippen molar-refractivity contribution in [3.05, 3.63) is 90.0 Å². The highest BCUT2D eigenvalue weighted by Gasteiger charge is 2.12. The number of pyridine rings is 1. The minimum Gasteiger partial charge on any atom is -0.492 e. The maximum atomic E-state index is 12.3. The molecule has 4 aromatic rings. The van der Waals surface area contributed by atoms with Crippen molar-refractivity contribution in [2.45, 2.75) is 32.7 Å².